The Hall–Kier alpha value is -2.02. The third-order valence-electron chi connectivity index (χ3n) is 2.81. The summed E-state index contributed by atoms with van der Waals surface area (Å²) in [6.07, 6.45) is -3.12. The van der Waals surface area contributed by atoms with Gasteiger partial charge in [0.2, 0.25) is 5.89 Å². The molecule has 0 saturated heterocycles. The van der Waals surface area contributed by atoms with Crippen LogP contribution in [0.2, 0.25) is 0 Å². The Balaban J connectivity index is 2.03. The lowest BCUT2D eigenvalue weighted by Crippen LogP contribution is -2.21. The molecule has 1 aromatic heterocycles. The fourth-order valence-corrected chi connectivity index (χ4v) is 1.80. The molecule has 0 saturated carbocycles. The Bertz CT molecular complexity index is 596. The first-order valence-electron chi connectivity index (χ1n) is 6.34. The summed E-state index contributed by atoms with van der Waals surface area (Å²) in [6, 6.07) is 5.77. The second kappa shape index (κ2) is 6.17. The van der Waals surface area contributed by atoms with Gasteiger partial charge < -0.3 is 14.5 Å². The maximum Gasteiger partial charge on any atom is 0.573 e. The lowest BCUT2D eigenvalue weighted by molar-refractivity contribution is -0.274. The Kier molecular flexibility index (Phi) is 4.52. The third kappa shape index (κ3) is 4.49. The van der Waals surface area contributed by atoms with E-state index in [0.717, 1.165) is 0 Å². The molecule has 1 aromatic carbocycles. The predicted octanol–water partition coefficient (Wildman–Crippen LogP) is 3.73. The van der Waals surface area contributed by atoms with E-state index in [1.165, 1.54) is 12.1 Å². The first-order valence-corrected chi connectivity index (χ1v) is 6.34. The van der Waals surface area contributed by atoms with E-state index in [-0.39, 0.29) is 18.3 Å². The SMILES string of the molecule is Cc1cnc(C(C)NCc2ccccc2OC(F)(F)F)o1. The Morgan fingerprint density at radius 1 is 1.33 bits per heavy atom. The zero-order valence-electron chi connectivity index (χ0n) is 11.6. The lowest BCUT2D eigenvalue weighted by atomic mass is 10.2. The number of hydrogen-bond acceptors (Lipinski definition) is 4. The number of nitrogens with zero attached hydrogens (tertiary/aromatic N) is 1. The number of nitrogens with one attached hydrogen (secondary N) is 1. The summed E-state index contributed by atoms with van der Waals surface area (Å²) in [4.78, 5) is 4.07. The molecule has 0 amide bonds. The molecule has 2 aromatic rings. The molecule has 114 valence electrons. The van der Waals surface area contributed by atoms with Crippen LogP contribution >= 0.6 is 0 Å². The van der Waals surface area contributed by atoms with E-state index >= 15 is 0 Å². The number of halogens is 3. The quantitative estimate of drug-likeness (QED) is 0.914. The number of benzene rings is 1. The molecule has 1 unspecified atom stereocenters. The standard InChI is InChI=1S/C14H15F3N2O2/c1-9-7-19-13(20-9)10(2)18-8-11-5-3-4-6-12(11)21-14(15,16)17/h3-7,10,18H,8H2,1-2H3. The van der Waals surface area contributed by atoms with Gasteiger partial charge in [-0.25, -0.2) is 4.98 Å². The van der Waals surface area contributed by atoms with Gasteiger partial charge in [0.05, 0.1) is 12.2 Å². The van der Waals surface area contributed by atoms with E-state index in [1.54, 1.807) is 25.3 Å². The van der Waals surface area contributed by atoms with Crippen molar-refractivity contribution in [2.45, 2.75) is 32.8 Å². The monoisotopic (exact) mass is 300 g/mol. The van der Waals surface area contributed by atoms with Crippen LogP contribution in [-0.4, -0.2) is 11.3 Å². The molecule has 1 heterocycles. The van der Waals surface area contributed by atoms with Crippen molar-refractivity contribution < 1.29 is 22.3 Å². The number of rotatable bonds is 5. The minimum absolute atomic E-state index is 0.203. The van der Waals surface area contributed by atoms with Crippen LogP contribution in [0.15, 0.2) is 34.9 Å². The summed E-state index contributed by atoms with van der Waals surface area (Å²) in [7, 11) is 0. The average molecular weight is 300 g/mol. The summed E-state index contributed by atoms with van der Waals surface area (Å²) >= 11 is 0. The molecular weight excluding hydrogens is 285 g/mol. The highest BCUT2D eigenvalue weighted by Gasteiger charge is 2.32. The number of hydrogen-bond donors (Lipinski definition) is 1. The first-order chi connectivity index (χ1) is 9.85. The zero-order valence-corrected chi connectivity index (χ0v) is 11.6. The number of oxazole rings is 1. The molecule has 0 aliphatic heterocycles. The summed E-state index contributed by atoms with van der Waals surface area (Å²) in [5.41, 5.74) is 0.407. The molecule has 0 spiro atoms. The number of aryl methyl sites for hydroxylation is 1. The van der Waals surface area contributed by atoms with Gasteiger partial charge in [-0.2, -0.15) is 0 Å². The van der Waals surface area contributed by atoms with Crippen molar-refractivity contribution in [1.29, 1.82) is 0 Å². The molecule has 0 radical (unpaired) electrons. The van der Waals surface area contributed by atoms with Crippen LogP contribution in [-0.2, 0) is 6.54 Å². The van der Waals surface area contributed by atoms with Crippen LogP contribution in [0.25, 0.3) is 0 Å². The van der Waals surface area contributed by atoms with Gasteiger partial charge in [0.25, 0.3) is 0 Å². The molecule has 2 rings (SSSR count). The predicted molar refractivity (Wildman–Crippen MR) is 69.6 cm³/mol. The molecule has 0 fully saturated rings. The lowest BCUT2D eigenvalue weighted by Gasteiger charge is -2.15. The number of ether oxygens (including phenoxy) is 1. The van der Waals surface area contributed by atoms with E-state index in [0.29, 0.717) is 17.2 Å². The van der Waals surface area contributed by atoms with Gasteiger partial charge in [0, 0.05) is 12.1 Å². The van der Waals surface area contributed by atoms with Gasteiger partial charge in [0.1, 0.15) is 11.5 Å². The highest BCUT2D eigenvalue weighted by atomic mass is 19.4. The first kappa shape index (κ1) is 15.4. The Morgan fingerprint density at radius 3 is 2.67 bits per heavy atom. The molecule has 0 aliphatic rings. The fourth-order valence-electron chi connectivity index (χ4n) is 1.80. The minimum Gasteiger partial charge on any atom is -0.444 e. The summed E-state index contributed by atoms with van der Waals surface area (Å²) < 4.78 is 46.3. The zero-order chi connectivity index (χ0) is 15.5. The highest BCUT2D eigenvalue weighted by Crippen LogP contribution is 2.26. The van der Waals surface area contributed by atoms with Crippen molar-refractivity contribution >= 4 is 0 Å². The van der Waals surface area contributed by atoms with E-state index in [2.05, 4.69) is 15.0 Å². The van der Waals surface area contributed by atoms with Crippen molar-refractivity contribution in [2.75, 3.05) is 0 Å². The van der Waals surface area contributed by atoms with Crippen LogP contribution in [0.4, 0.5) is 13.2 Å². The highest BCUT2D eigenvalue weighted by molar-refractivity contribution is 5.33. The van der Waals surface area contributed by atoms with Crippen molar-refractivity contribution in [1.82, 2.24) is 10.3 Å². The normalized spacial score (nSPS) is 13.2. The Labute approximate surface area is 119 Å². The van der Waals surface area contributed by atoms with Crippen LogP contribution in [0.3, 0.4) is 0 Å². The van der Waals surface area contributed by atoms with E-state index < -0.39 is 6.36 Å². The molecule has 1 atom stereocenters. The van der Waals surface area contributed by atoms with Crippen molar-refractivity contribution in [2.24, 2.45) is 0 Å². The maximum atomic E-state index is 12.3. The fraction of sp³-hybridized carbons (Fsp3) is 0.357. The van der Waals surface area contributed by atoms with Crippen LogP contribution < -0.4 is 10.1 Å². The smallest absolute Gasteiger partial charge is 0.444 e. The second-order valence-corrected chi connectivity index (χ2v) is 4.57. The van der Waals surface area contributed by atoms with Gasteiger partial charge in [-0.3, -0.25) is 0 Å². The van der Waals surface area contributed by atoms with Gasteiger partial charge in [-0.15, -0.1) is 13.2 Å². The largest absolute Gasteiger partial charge is 0.573 e. The van der Waals surface area contributed by atoms with Gasteiger partial charge in [0.15, 0.2) is 0 Å². The van der Waals surface area contributed by atoms with Crippen LogP contribution in [0.5, 0.6) is 5.75 Å². The van der Waals surface area contributed by atoms with Crippen molar-refractivity contribution in [3.63, 3.8) is 0 Å². The van der Waals surface area contributed by atoms with Crippen molar-refractivity contribution in [3.8, 4) is 5.75 Å². The van der Waals surface area contributed by atoms with E-state index in [4.69, 9.17) is 4.42 Å². The topological polar surface area (TPSA) is 47.3 Å². The van der Waals surface area contributed by atoms with Gasteiger partial charge in [-0.05, 0) is 19.9 Å². The van der Waals surface area contributed by atoms with E-state index in [1.807, 2.05) is 6.92 Å². The molecule has 0 aliphatic carbocycles. The molecule has 21 heavy (non-hydrogen) atoms. The number of aromatic nitrogens is 1. The Morgan fingerprint density at radius 2 is 2.05 bits per heavy atom. The second-order valence-electron chi connectivity index (χ2n) is 4.57. The van der Waals surface area contributed by atoms with Gasteiger partial charge in [-0.1, -0.05) is 18.2 Å². The molecular formula is C14H15F3N2O2. The summed E-state index contributed by atoms with van der Waals surface area (Å²) in [5.74, 6) is 0.953. The third-order valence-corrected chi connectivity index (χ3v) is 2.81. The van der Waals surface area contributed by atoms with Crippen LogP contribution in [0, 0.1) is 6.92 Å². The van der Waals surface area contributed by atoms with E-state index in [9.17, 15) is 13.2 Å². The number of alkyl halides is 3. The maximum absolute atomic E-state index is 12.3. The average Bonchev–Trinajstić information content (AvgIpc) is 2.82. The summed E-state index contributed by atoms with van der Waals surface area (Å²) in [6.45, 7) is 3.79. The van der Waals surface area contributed by atoms with Gasteiger partial charge >= 0.3 is 6.36 Å². The summed E-state index contributed by atoms with van der Waals surface area (Å²) in [5, 5.41) is 3.05. The van der Waals surface area contributed by atoms with Crippen molar-refractivity contribution in [3.05, 3.63) is 47.7 Å². The number of para-hydroxylation sites is 1. The molecule has 0 bridgehead atoms. The minimum atomic E-state index is -4.71. The van der Waals surface area contributed by atoms with Crippen LogP contribution in [0.1, 0.15) is 30.2 Å². The molecule has 1 N–H and O–H groups in total. The molecule has 7 heteroatoms. The molecule has 4 nitrogen and oxygen atoms in total.